The molecule has 0 radical (unpaired) electrons. The van der Waals surface area contributed by atoms with Gasteiger partial charge in [0.1, 0.15) is 11.5 Å². The van der Waals surface area contributed by atoms with Gasteiger partial charge < -0.3 is 15.8 Å². The highest BCUT2D eigenvalue weighted by molar-refractivity contribution is 5.92. The van der Waals surface area contributed by atoms with Crippen LogP contribution in [0.3, 0.4) is 0 Å². The summed E-state index contributed by atoms with van der Waals surface area (Å²) in [5, 5.41) is 2.97. The van der Waals surface area contributed by atoms with Crippen LogP contribution in [-0.4, -0.2) is 42.7 Å². The lowest BCUT2D eigenvalue weighted by Crippen LogP contribution is -2.33. The van der Waals surface area contributed by atoms with Crippen LogP contribution in [0.5, 0.6) is 11.5 Å². The van der Waals surface area contributed by atoms with E-state index in [2.05, 4.69) is 10.3 Å². The van der Waals surface area contributed by atoms with E-state index in [4.69, 9.17) is 10.5 Å². The number of alkyl halides is 3. The number of rotatable bonds is 5. The number of anilines is 1. The Morgan fingerprint density at radius 3 is 2.63 bits per heavy atom. The SMILES string of the molecule is NC(=NC1CCN(CC(F)(F)F)C1)Nc1cccc(Oc2ccccc2)c1. The second-order valence-electron chi connectivity index (χ2n) is 6.38. The summed E-state index contributed by atoms with van der Waals surface area (Å²) >= 11 is 0. The van der Waals surface area contributed by atoms with Gasteiger partial charge in [0.25, 0.3) is 0 Å². The van der Waals surface area contributed by atoms with Crippen LogP contribution >= 0.6 is 0 Å². The first-order valence-electron chi connectivity index (χ1n) is 8.60. The molecule has 2 aromatic carbocycles. The number of nitrogens with zero attached hydrogens (tertiary/aromatic N) is 2. The van der Waals surface area contributed by atoms with Crippen molar-refractivity contribution in [2.45, 2.75) is 18.6 Å². The minimum atomic E-state index is -4.19. The van der Waals surface area contributed by atoms with Gasteiger partial charge in [0, 0.05) is 24.8 Å². The van der Waals surface area contributed by atoms with Crippen molar-refractivity contribution >= 4 is 11.6 Å². The van der Waals surface area contributed by atoms with Crippen molar-refractivity contribution in [2.24, 2.45) is 10.7 Å². The molecule has 144 valence electrons. The van der Waals surface area contributed by atoms with E-state index in [0.29, 0.717) is 30.2 Å². The molecule has 5 nitrogen and oxygen atoms in total. The van der Waals surface area contributed by atoms with Gasteiger partial charge in [-0.15, -0.1) is 0 Å². The van der Waals surface area contributed by atoms with Crippen LogP contribution in [0.25, 0.3) is 0 Å². The topological polar surface area (TPSA) is 62.9 Å². The first-order chi connectivity index (χ1) is 12.9. The molecule has 1 heterocycles. The van der Waals surface area contributed by atoms with Crippen LogP contribution in [0.2, 0.25) is 0 Å². The Labute approximate surface area is 155 Å². The quantitative estimate of drug-likeness (QED) is 0.613. The van der Waals surface area contributed by atoms with Gasteiger partial charge in [0.05, 0.1) is 12.6 Å². The van der Waals surface area contributed by atoms with E-state index in [0.717, 1.165) is 0 Å². The third-order valence-electron chi connectivity index (χ3n) is 4.06. The van der Waals surface area contributed by atoms with E-state index < -0.39 is 12.7 Å². The number of nitrogens with one attached hydrogen (secondary N) is 1. The fraction of sp³-hybridized carbons (Fsp3) is 0.316. The minimum Gasteiger partial charge on any atom is -0.457 e. The molecule has 3 N–H and O–H groups in total. The average Bonchev–Trinajstić information content (AvgIpc) is 3.00. The maximum absolute atomic E-state index is 12.5. The Morgan fingerprint density at radius 1 is 1.15 bits per heavy atom. The fourth-order valence-electron chi connectivity index (χ4n) is 2.95. The van der Waals surface area contributed by atoms with Crippen molar-refractivity contribution in [2.75, 3.05) is 25.0 Å². The van der Waals surface area contributed by atoms with Crippen molar-refractivity contribution in [3.05, 3.63) is 54.6 Å². The summed E-state index contributed by atoms with van der Waals surface area (Å²) in [6.45, 7) is -0.300. The number of nitrogens with two attached hydrogens (primary N) is 1. The normalized spacial score (nSPS) is 18.5. The Kier molecular flexibility index (Phi) is 5.85. The lowest BCUT2D eigenvalue weighted by molar-refractivity contribution is -0.143. The third kappa shape index (κ3) is 6.18. The molecule has 27 heavy (non-hydrogen) atoms. The summed E-state index contributed by atoms with van der Waals surface area (Å²) in [5.41, 5.74) is 6.61. The number of aliphatic imine (C=N–C) groups is 1. The highest BCUT2D eigenvalue weighted by Crippen LogP contribution is 2.24. The Hall–Kier alpha value is -2.74. The van der Waals surface area contributed by atoms with Crippen molar-refractivity contribution in [3.63, 3.8) is 0 Å². The number of hydrogen-bond donors (Lipinski definition) is 2. The molecule has 8 heteroatoms. The predicted molar refractivity (Wildman–Crippen MR) is 99.1 cm³/mol. The fourth-order valence-corrected chi connectivity index (χ4v) is 2.95. The molecule has 0 amide bonds. The largest absolute Gasteiger partial charge is 0.457 e. The molecule has 3 rings (SSSR count). The monoisotopic (exact) mass is 378 g/mol. The molecule has 1 aliphatic heterocycles. The second-order valence-corrected chi connectivity index (χ2v) is 6.38. The van der Waals surface area contributed by atoms with E-state index in [9.17, 15) is 13.2 Å². The zero-order valence-electron chi connectivity index (χ0n) is 14.6. The highest BCUT2D eigenvalue weighted by atomic mass is 19.4. The predicted octanol–water partition coefficient (Wildman–Crippen LogP) is 3.84. The Bertz CT molecular complexity index is 780. The molecule has 1 saturated heterocycles. The van der Waals surface area contributed by atoms with Crippen LogP contribution in [0.15, 0.2) is 59.6 Å². The molecule has 2 aromatic rings. The van der Waals surface area contributed by atoms with E-state index in [-0.39, 0.29) is 18.5 Å². The summed E-state index contributed by atoms with van der Waals surface area (Å²) in [4.78, 5) is 5.64. The molecule has 1 aliphatic rings. The number of guanidine groups is 1. The van der Waals surface area contributed by atoms with Crippen molar-refractivity contribution in [1.82, 2.24) is 4.90 Å². The second kappa shape index (κ2) is 8.30. The van der Waals surface area contributed by atoms with E-state index in [1.165, 1.54) is 4.90 Å². The van der Waals surface area contributed by atoms with E-state index in [1.54, 1.807) is 6.07 Å². The maximum Gasteiger partial charge on any atom is 0.401 e. The van der Waals surface area contributed by atoms with Crippen molar-refractivity contribution in [3.8, 4) is 11.5 Å². The molecule has 0 spiro atoms. The summed E-state index contributed by atoms with van der Waals surface area (Å²) in [7, 11) is 0. The van der Waals surface area contributed by atoms with Gasteiger partial charge in [0.2, 0.25) is 0 Å². The van der Waals surface area contributed by atoms with Gasteiger partial charge in [-0.3, -0.25) is 4.90 Å². The smallest absolute Gasteiger partial charge is 0.401 e. The van der Waals surface area contributed by atoms with Gasteiger partial charge in [-0.1, -0.05) is 24.3 Å². The molecular weight excluding hydrogens is 357 g/mol. The lowest BCUT2D eigenvalue weighted by Gasteiger charge is -2.17. The van der Waals surface area contributed by atoms with Gasteiger partial charge in [-0.25, -0.2) is 4.99 Å². The number of benzene rings is 2. The molecule has 0 bridgehead atoms. The van der Waals surface area contributed by atoms with Crippen LogP contribution in [-0.2, 0) is 0 Å². The van der Waals surface area contributed by atoms with Crippen LogP contribution in [0.1, 0.15) is 6.42 Å². The highest BCUT2D eigenvalue weighted by Gasteiger charge is 2.34. The minimum absolute atomic E-state index is 0.172. The first-order valence-corrected chi connectivity index (χ1v) is 8.60. The standard InChI is InChI=1S/C19H21F3N4O/c20-19(21,22)13-26-10-9-15(12-26)25-18(23)24-14-5-4-8-17(11-14)27-16-6-2-1-3-7-16/h1-8,11,15H,9-10,12-13H2,(H3,23,24,25). The zero-order chi connectivity index (χ0) is 19.3. The lowest BCUT2D eigenvalue weighted by atomic mass is 10.3. The average molecular weight is 378 g/mol. The van der Waals surface area contributed by atoms with Crippen molar-refractivity contribution in [1.29, 1.82) is 0 Å². The summed E-state index contributed by atoms with van der Waals surface area (Å²) < 4.78 is 43.1. The molecule has 0 saturated carbocycles. The van der Waals surface area contributed by atoms with Crippen LogP contribution < -0.4 is 15.8 Å². The van der Waals surface area contributed by atoms with E-state index in [1.807, 2.05) is 48.5 Å². The van der Waals surface area contributed by atoms with Gasteiger partial charge in [-0.2, -0.15) is 13.2 Å². The number of para-hydroxylation sites is 1. The molecular formula is C19H21F3N4O. The van der Waals surface area contributed by atoms with Crippen molar-refractivity contribution < 1.29 is 17.9 Å². The Balaban J connectivity index is 1.57. The van der Waals surface area contributed by atoms with Crippen LogP contribution in [0.4, 0.5) is 18.9 Å². The molecule has 1 unspecified atom stereocenters. The molecule has 0 aromatic heterocycles. The first kappa shape index (κ1) is 19.0. The molecule has 1 fully saturated rings. The van der Waals surface area contributed by atoms with Gasteiger partial charge >= 0.3 is 6.18 Å². The van der Waals surface area contributed by atoms with Crippen LogP contribution in [0, 0.1) is 0 Å². The number of likely N-dealkylation sites (tertiary alicyclic amines) is 1. The molecule has 0 aliphatic carbocycles. The Morgan fingerprint density at radius 2 is 1.89 bits per heavy atom. The third-order valence-corrected chi connectivity index (χ3v) is 4.06. The van der Waals surface area contributed by atoms with Gasteiger partial charge in [0.15, 0.2) is 5.96 Å². The number of halogens is 3. The summed E-state index contributed by atoms with van der Waals surface area (Å²) in [5.74, 6) is 1.52. The molecule has 1 atom stereocenters. The van der Waals surface area contributed by atoms with Gasteiger partial charge in [-0.05, 0) is 30.7 Å². The maximum atomic E-state index is 12.5. The summed E-state index contributed by atoms with van der Waals surface area (Å²) in [6.07, 6.45) is -3.64. The number of hydrogen-bond acceptors (Lipinski definition) is 3. The zero-order valence-corrected chi connectivity index (χ0v) is 14.6. The van der Waals surface area contributed by atoms with E-state index >= 15 is 0 Å². The summed E-state index contributed by atoms with van der Waals surface area (Å²) in [6, 6.07) is 16.3. The number of ether oxygens (including phenoxy) is 1.